The number of unbranched alkanes of at least 4 members (excludes halogenated alkanes) is 1. The van der Waals surface area contributed by atoms with E-state index < -0.39 is 0 Å². The molecule has 5 rings (SSSR count). The highest BCUT2D eigenvalue weighted by molar-refractivity contribution is 7.17. The molecule has 0 fully saturated rings. The second-order valence-corrected chi connectivity index (χ2v) is 9.45. The molecule has 1 atom stereocenters. The van der Waals surface area contributed by atoms with Gasteiger partial charge in [-0.05, 0) is 30.4 Å². The van der Waals surface area contributed by atoms with Gasteiger partial charge in [0.2, 0.25) is 0 Å². The summed E-state index contributed by atoms with van der Waals surface area (Å²) >= 11 is 1.51. The number of aromatic amines is 2. The van der Waals surface area contributed by atoms with Crippen molar-refractivity contribution in [2.24, 2.45) is 5.92 Å². The Hall–Kier alpha value is -2.93. The minimum atomic E-state index is 0.212. The zero-order valence-electron chi connectivity index (χ0n) is 17.7. The number of hydrogen-bond acceptors (Lipinski definition) is 5. The molecule has 1 aliphatic heterocycles. The average Bonchev–Trinajstić information content (AvgIpc) is 3.54. The number of H-pyrrole nitrogens is 2. The van der Waals surface area contributed by atoms with Crippen molar-refractivity contribution in [3.05, 3.63) is 64.6 Å². The third-order valence-corrected chi connectivity index (χ3v) is 7.28. The quantitative estimate of drug-likeness (QED) is 0.342. The largest absolute Gasteiger partial charge is 0.361 e. The van der Waals surface area contributed by atoms with E-state index in [1.807, 2.05) is 6.20 Å². The summed E-state index contributed by atoms with van der Waals surface area (Å²) in [7, 11) is 0. The van der Waals surface area contributed by atoms with Crippen molar-refractivity contribution in [2.75, 3.05) is 4.90 Å². The van der Waals surface area contributed by atoms with Crippen molar-refractivity contribution in [1.29, 1.82) is 0 Å². The van der Waals surface area contributed by atoms with E-state index in [0.29, 0.717) is 12.3 Å². The first-order valence-electron chi connectivity index (χ1n) is 11.0. The lowest BCUT2D eigenvalue weighted by Crippen LogP contribution is -2.14. The number of para-hydroxylation sites is 1. The average molecular weight is 434 g/mol. The van der Waals surface area contributed by atoms with Gasteiger partial charge in [-0.15, -0.1) is 0 Å². The normalized spacial score (nSPS) is 14.3. The third-order valence-electron chi connectivity index (χ3n) is 6.18. The van der Waals surface area contributed by atoms with Crippen LogP contribution in [0.15, 0.2) is 42.9 Å². The predicted octanol–water partition coefficient (Wildman–Crippen LogP) is 5.49. The van der Waals surface area contributed by atoms with Gasteiger partial charge in [0.05, 0.1) is 29.5 Å². The van der Waals surface area contributed by atoms with Gasteiger partial charge in [0, 0.05) is 35.6 Å². The van der Waals surface area contributed by atoms with Gasteiger partial charge in [-0.3, -0.25) is 9.89 Å². The fraction of sp³-hybridized carbons (Fsp3) is 0.375. The van der Waals surface area contributed by atoms with E-state index in [-0.39, 0.29) is 5.78 Å². The highest BCUT2D eigenvalue weighted by atomic mass is 32.1. The van der Waals surface area contributed by atoms with E-state index in [0.717, 1.165) is 60.0 Å². The molecule has 0 saturated heterocycles. The summed E-state index contributed by atoms with van der Waals surface area (Å²) in [6.07, 6.45) is 10.6. The fourth-order valence-electron chi connectivity index (χ4n) is 4.48. The Bertz CT molecular complexity index is 1170. The van der Waals surface area contributed by atoms with E-state index in [9.17, 15) is 4.79 Å². The number of thiazole rings is 1. The molecule has 4 aromatic rings. The van der Waals surface area contributed by atoms with Gasteiger partial charge in [0.15, 0.2) is 10.9 Å². The summed E-state index contributed by atoms with van der Waals surface area (Å²) in [5, 5.41) is 9.31. The van der Waals surface area contributed by atoms with Crippen molar-refractivity contribution < 1.29 is 4.79 Å². The van der Waals surface area contributed by atoms with Crippen LogP contribution in [0.4, 0.5) is 5.13 Å². The van der Waals surface area contributed by atoms with E-state index in [1.165, 1.54) is 27.8 Å². The summed E-state index contributed by atoms with van der Waals surface area (Å²) in [4.78, 5) is 24.0. The number of fused-ring (bicyclic) bond motifs is 2. The number of benzene rings is 1. The van der Waals surface area contributed by atoms with Gasteiger partial charge in [-0.25, -0.2) is 4.98 Å². The van der Waals surface area contributed by atoms with Gasteiger partial charge in [-0.2, -0.15) is 5.10 Å². The van der Waals surface area contributed by atoms with Gasteiger partial charge in [0.25, 0.3) is 0 Å². The van der Waals surface area contributed by atoms with Gasteiger partial charge < -0.3 is 9.88 Å². The van der Waals surface area contributed by atoms with Gasteiger partial charge in [-0.1, -0.05) is 49.3 Å². The first kappa shape index (κ1) is 20.0. The Morgan fingerprint density at radius 3 is 3.03 bits per heavy atom. The number of hydrogen-bond donors (Lipinski definition) is 2. The molecule has 3 aromatic heterocycles. The number of Topliss-reactive ketones (excluding diaryl/α,β-unsaturated/α-hetero) is 1. The minimum absolute atomic E-state index is 0.212. The standard InChI is InChI=1S/C24H27N5OS/c1-2-3-6-16(9-17-11-25-20-8-5-4-7-19(17)20)10-22(30)23-13-26-24(31-23)29-14-18-12-27-28-21(18)15-29/h4-5,7-8,11-13,16,25H,2-3,6,9-10,14-15H2,1H3,(H,27,28). The zero-order chi connectivity index (χ0) is 21.2. The molecule has 7 heteroatoms. The smallest absolute Gasteiger partial charge is 0.186 e. The minimum Gasteiger partial charge on any atom is -0.361 e. The lowest BCUT2D eigenvalue weighted by molar-refractivity contribution is 0.0962. The number of carbonyl (C=O) groups excluding carboxylic acids is 1. The van der Waals surface area contributed by atoms with E-state index >= 15 is 0 Å². The maximum atomic E-state index is 13.1. The maximum Gasteiger partial charge on any atom is 0.186 e. The molecule has 31 heavy (non-hydrogen) atoms. The first-order chi connectivity index (χ1) is 15.2. The second kappa shape index (κ2) is 8.67. The van der Waals surface area contributed by atoms with Crippen LogP contribution in [0.5, 0.6) is 0 Å². The van der Waals surface area contributed by atoms with E-state index in [4.69, 9.17) is 0 Å². The van der Waals surface area contributed by atoms with Crippen LogP contribution in [0.25, 0.3) is 10.9 Å². The van der Waals surface area contributed by atoms with Crippen LogP contribution in [0.1, 0.15) is 59.1 Å². The number of nitrogens with one attached hydrogen (secondary N) is 2. The molecule has 2 N–H and O–H groups in total. The second-order valence-electron chi connectivity index (χ2n) is 8.44. The molecular weight excluding hydrogens is 406 g/mol. The summed E-state index contributed by atoms with van der Waals surface area (Å²) in [6.45, 7) is 3.78. The number of rotatable bonds is 9. The van der Waals surface area contributed by atoms with Crippen LogP contribution in [0.2, 0.25) is 0 Å². The zero-order valence-corrected chi connectivity index (χ0v) is 18.5. The highest BCUT2D eigenvalue weighted by Crippen LogP contribution is 2.32. The van der Waals surface area contributed by atoms with Crippen LogP contribution in [0.3, 0.4) is 0 Å². The molecule has 0 bridgehead atoms. The SMILES string of the molecule is CCCCC(CC(=O)c1cnc(N2Cc3cn[nH]c3C2)s1)Cc1c[nH]c2ccccc12. The predicted molar refractivity (Wildman–Crippen MR) is 125 cm³/mol. The van der Waals surface area contributed by atoms with Crippen LogP contribution >= 0.6 is 11.3 Å². The molecule has 0 saturated carbocycles. The third kappa shape index (κ3) is 4.14. The molecule has 0 spiro atoms. The number of carbonyl (C=O) groups is 1. The van der Waals surface area contributed by atoms with Crippen LogP contribution < -0.4 is 4.90 Å². The van der Waals surface area contributed by atoms with Crippen LogP contribution in [-0.4, -0.2) is 25.9 Å². The van der Waals surface area contributed by atoms with E-state index in [2.05, 4.69) is 62.5 Å². The highest BCUT2D eigenvalue weighted by Gasteiger charge is 2.25. The lowest BCUT2D eigenvalue weighted by Gasteiger charge is -2.15. The van der Waals surface area contributed by atoms with Crippen LogP contribution in [0, 0.1) is 5.92 Å². The molecule has 1 aliphatic rings. The van der Waals surface area contributed by atoms with E-state index in [1.54, 1.807) is 6.20 Å². The number of anilines is 1. The molecule has 0 radical (unpaired) electrons. The summed E-state index contributed by atoms with van der Waals surface area (Å²) in [5.74, 6) is 0.555. The molecule has 1 aromatic carbocycles. The summed E-state index contributed by atoms with van der Waals surface area (Å²) < 4.78 is 0. The molecule has 0 amide bonds. The maximum absolute atomic E-state index is 13.1. The molecular formula is C24H27N5OS. The van der Waals surface area contributed by atoms with Crippen molar-refractivity contribution in [1.82, 2.24) is 20.2 Å². The molecule has 4 heterocycles. The molecule has 6 nitrogen and oxygen atoms in total. The van der Waals surface area contributed by atoms with Gasteiger partial charge in [0.1, 0.15) is 0 Å². The molecule has 1 unspecified atom stereocenters. The number of aromatic nitrogens is 4. The lowest BCUT2D eigenvalue weighted by atomic mass is 9.89. The Balaban J connectivity index is 1.27. The number of nitrogens with zero attached hydrogens (tertiary/aromatic N) is 3. The Morgan fingerprint density at radius 2 is 2.16 bits per heavy atom. The van der Waals surface area contributed by atoms with Crippen molar-refractivity contribution in [2.45, 2.75) is 52.1 Å². The van der Waals surface area contributed by atoms with Crippen molar-refractivity contribution >= 4 is 33.2 Å². The van der Waals surface area contributed by atoms with Gasteiger partial charge >= 0.3 is 0 Å². The Kier molecular flexibility index (Phi) is 5.59. The van der Waals surface area contributed by atoms with Crippen molar-refractivity contribution in [3.63, 3.8) is 0 Å². The monoisotopic (exact) mass is 433 g/mol. The fourth-order valence-corrected chi connectivity index (χ4v) is 5.34. The van der Waals surface area contributed by atoms with Crippen molar-refractivity contribution in [3.8, 4) is 0 Å². The molecule has 160 valence electrons. The summed E-state index contributed by atoms with van der Waals surface area (Å²) in [5.41, 5.74) is 4.82. The Morgan fingerprint density at radius 1 is 1.26 bits per heavy atom. The molecule has 0 aliphatic carbocycles. The van der Waals surface area contributed by atoms with Crippen LogP contribution in [-0.2, 0) is 19.5 Å². The first-order valence-corrected chi connectivity index (χ1v) is 11.8. The number of ketones is 1. The Labute approximate surface area is 185 Å². The topological polar surface area (TPSA) is 77.7 Å². The summed E-state index contributed by atoms with van der Waals surface area (Å²) in [6, 6.07) is 8.40.